The first-order chi connectivity index (χ1) is 6.45. The van der Waals surface area contributed by atoms with Gasteiger partial charge in [-0.1, -0.05) is 11.6 Å². The van der Waals surface area contributed by atoms with Crippen molar-refractivity contribution in [3.05, 3.63) is 22.8 Å². The van der Waals surface area contributed by atoms with E-state index in [0.29, 0.717) is 6.54 Å². The number of aromatic nitrogens is 1. The van der Waals surface area contributed by atoms with Gasteiger partial charge in [0.25, 0.3) is 0 Å². The first-order valence-corrected chi connectivity index (χ1v) is 4.29. The van der Waals surface area contributed by atoms with E-state index in [4.69, 9.17) is 11.6 Å². The van der Waals surface area contributed by atoms with E-state index < -0.39 is 11.7 Å². The smallest absolute Gasteiger partial charge is 0.369 e. The second-order valence-corrected chi connectivity index (χ2v) is 2.99. The quantitative estimate of drug-likeness (QED) is 0.835. The third-order valence-electron chi connectivity index (χ3n) is 1.51. The highest BCUT2D eigenvalue weighted by atomic mass is 35.5. The van der Waals surface area contributed by atoms with E-state index in [-0.39, 0.29) is 10.8 Å². The average molecular weight is 225 g/mol. The van der Waals surface area contributed by atoms with E-state index in [0.717, 1.165) is 12.3 Å². The maximum atomic E-state index is 12.2. The summed E-state index contributed by atoms with van der Waals surface area (Å²) < 4.78 is 36.5. The van der Waals surface area contributed by atoms with Gasteiger partial charge in [0.05, 0.1) is 10.6 Å². The number of hydrogen-bond acceptors (Lipinski definition) is 2. The number of alkyl halides is 3. The van der Waals surface area contributed by atoms with Crippen molar-refractivity contribution >= 4 is 17.4 Å². The topological polar surface area (TPSA) is 24.9 Å². The number of hydrogen-bond donors (Lipinski definition) is 1. The van der Waals surface area contributed by atoms with E-state index in [1.807, 2.05) is 0 Å². The predicted molar refractivity (Wildman–Crippen MR) is 48.4 cm³/mol. The summed E-state index contributed by atoms with van der Waals surface area (Å²) in [6.07, 6.45) is -3.65. The van der Waals surface area contributed by atoms with Crippen LogP contribution in [-0.4, -0.2) is 11.5 Å². The maximum Gasteiger partial charge on any atom is 0.417 e. The molecule has 0 bridgehead atoms. The molecule has 0 saturated carbocycles. The van der Waals surface area contributed by atoms with Crippen molar-refractivity contribution in [3.8, 4) is 0 Å². The van der Waals surface area contributed by atoms with E-state index in [1.54, 1.807) is 6.92 Å². The highest BCUT2D eigenvalue weighted by Gasteiger charge is 2.31. The van der Waals surface area contributed by atoms with Gasteiger partial charge in [-0.2, -0.15) is 13.2 Å². The maximum absolute atomic E-state index is 12.2. The summed E-state index contributed by atoms with van der Waals surface area (Å²) in [6.45, 7) is 2.35. The number of pyridine rings is 1. The average Bonchev–Trinajstić information content (AvgIpc) is 2.07. The number of rotatable bonds is 2. The summed E-state index contributed by atoms with van der Waals surface area (Å²) in [5.41, 5.74) is -0.843. The molecule has 0 aliphatic heterocycles. The second-order valence-electron chi connectivity index (χ2n) is 2.58. The van der Waals surface area contributed by atoms with Crippen LogP contribution in [0.4, 0.5) is 19.0 Å². The zero-order valence-corrected chi connectivity index (χ0v) is 8.08. The van der Waals surface area contributed by atoms with Crippen LogP contribution in [0.2, 0.25) is 5.02 Å². The SMILES string of the molecule is CCNc1ncc(C(F)(F)F)cc1Cl. The Morgan fingerprint density at radius 1 is 1.50 bits per heavy atom. The lowest BCUT2D eigenvalue weighted by Crippen LogP contribution is -2.07. The molecule has 0 saturated heterocycles. The Labute approximate surface area is 84.1 Å². The van der Waals surface area contributed by atoms with Gasteiger partial charge in [0.1, 0.15) is 5.82 Å². The fraction of sp³-hybridized carbons (Fsp3) is 0.375. The predicted octanol–water partition coefficient (Wildman–Crippen LogP) is 3.19. The third-order valence-corrected chi connectivity index (χ3v) is 1.80. The van der Waals surface area contributed by atoms with Crippen LogP contribution >= 0.6 is 11.6 Å². The Bertz CT molecular complexity index is 325. The molecule has 1 heterocycles. The van der Waals surface area contributed by atoms with Gasteiger partial charge in [0.2, 0.25) is 0 Å². The van der Waals surface area contributed by atoms with Crippen LogP contribution in [0.5, 0.6) is 0 Å². The molecule has 1 N–H and O–H groups in total. The van der Waals surface area contributed by atoms with Crippen molar-refractivity contribution in [2.24, 2.45) is 0 Å². The zero-order chi connectivity index (χ0) is 10.8. The summed E-state index contributed by atoms with van der Waals surface area (Å²) in [5, 5.41) is 2.72. The molecule has 0 amide bonds. The molecule has 14 heavy (non-hydrogen) atoms. The monoisotopic (exact) mass is 224 g/mol. The Morgan fingerprint density at radius 2 is 2.14 bits per heavy atom. The molecular formula is C8H8ClF3N2. The van der Waals surface area contributed by atoms with Gasteiger partial charge in [-0.3, -0.25) is 0 Å². The van der Waals surface area contributed by atoms with Crippen LogP contribution in [-0.2, 0) is 6.18 Å². The van der Waals surface area contributed by atoms with Crippen molar-refractivity contribution in [2.75, 3.05) is 11.9 Å². The van der Waals surface area contributed by atoms with Crippen molar-refractivity contribution in [1.82, 2.24) is 4.98 Å². The Morgan fingerprint density at radius 3 is 2.57 bits per heavy atom. The van der Waals surface area contributed by atoms with Gasteiger partial charge in [-0.05, 0) is 13.0 Å². The zero-order valence-electron chi connectivity index (χ0n) is 7.32. The normalized spacial score (nSPS) is 11.5. The first-order valence-electron chi connectivity index (χ1n) is 3.91. The summed E-state index contributed by atoms with van der Waals surface area (Å²) in [5.74, 6) is 0.266. The van der Waals surface area contributed by atoms with Crippen LogP contribution in [0, 0.1) is 0 Å². The van der Waals surface area contributed by atoms with E-state index in [2.05, 4.69) is 10.3 Å². The number of anilines is 1. The molecule has 6 heteroatoms. The fourth-order valence-corrected chi connectivity index (χ4v) is 1.12. The molecule has 0 aliphatic rings. The molecule has 0 radical (unpaired) electrons. The lowest BCUT2D eigenvalue weighted by Gasteiger charge is -2.09. The molecule has 1 rings (SSSR count). The molecule has 0 atom stereocenters. The van der Waals surface area contributed by atoms with Crippen molar-refractivity contribution in [3.63, 3.8) is 0 Å². The largest absolute Gasteiger partial charge is 0.417 e. The third kappa shape index (κ3) is 2.51. The van der Waals surface area contributed by atoms with E-state index >= 15 is 0 Å². The minimum absolute atomic E-state index is 0.0262. The number of nitrogens with zero attached hydrogens (tertiary/aromatic N) is 1. The lowest BCUT2D eigenvalue weighted by atomic mass is 10.3. The first kappa shape index (κ1) is 11.1. The molecule has 2 nitrogen and oxygen atoms in total. The van der Waals surface area contributed by atoms with Crippen LogP contribution in [0.15, 0.2) is 12.3 Å². The van der Waals surface area contributed by atoms with Crippen LogP contribution in [0.25, 0.3) is 0 Å². The van der Waals surface area contributed by atoms with Gasteiger partial charge in [0.15, 0.2) is 0 Å². The summed E-state index contributed by atoms with van der Waals surface area (Å²) >= 11 is 5.59. The molecule has 0 aliphatic carbocycles. The second kappa shape index (κ2) is 4.04. The minimum Gasteiger partial charge on any atom is -0.369 e. The van der Waals surface area contributed by atoms with Gasteiger partial charge in [-0.15, -0.1) is 0 Å². The molecule has 1 aromatic rings. The fourth-order valence-electron chi connectivity index (χ4n) is 0.890. The van der Waals surface area contributed by atoms with Crippen molar-refractivity contribution in [1.29, 1.82) is 0 Å². The minimum atomic E-state index is -4.40. The summed E-state index contributed by atoms with van der Waals surface area (Å²) in [6, 6.07) is 0.854. The van der Waals surface area contributed by atoms with Gasteiger partial charge in [0, 0.05) is 12.7 Å². The van der Waals surface area contributed by atoms with Gasteiger partial charge >= 0.3 is 6.18 Å². The highest BCUT2D eigenvalue weighted by molar-refractivity contribution is 6.32. The van der Waals surface area contributed by atoms with Crippen LogP contribution < -0.4 is 5.32 Å². The number of halogens is 4. The molecular weight excluding hydrogens is 217 g/mol. The van der Waals surface area contributed by atoms with E-state index in [9.17, 15) is 13.2 Å². The van der Waals surface area contributed by atoms with Gasteiger partial charge in [-0.25, -0.2) is 4.98 Å². The molecule has 0 fully saturated rings. The number of nitrogens with one attached hydrogen (secondary N) is 1. The van der Waals surface area contributed by atoms with E-state index in [1.165, 1.54) is 0 Å². The van der Waals surface area contributed by atoms with Crippen molar-refractivity contribution < 1.29 is 13.2 Å². The lowest BCUT2D eigenvalue weighted by molar-refractivity contribution is -0.137. The molecule has 0 aromatic carbocycles. The summed E-state index contributed by atoms with van der Waals surface area (Å²) in [7, 11) is 0. The van der Waals surface area contributed by atoms with Crippen LogP contribution in [0.1, 0.15) is 12.5 Å². The Kier molecular flexibility index (Phi) is 3.21. The van der Waals surface area contributed by atoms with Crippen LogP contribution in [0.3, 0.4) is 0 Å². The van der Waals surface area contributed by atoms with Gasteiger partial charge < -0.3 is 5.32 Å². The Balaban J connectivity index is 3.01. The molecule has 0 unspecified atom stereocenters. The molecule has 0 spiro atoms. The molecule has 78 valence electrons. The van der Waals surface area contributed by atoms with Crippen molar-refractivity contribution in [2.45, 2.75) is 13.1 Å². The Hall–Kier alpha value is -0.970. The summed E-state index contributed by atoms with van der Waals surface area (Å²) in [4.78, 5) is 3.57. The molecule has 1 aromatic heterocycles. The highest BCUT2D eigenvalue weighted by Crippen LogP contribution is 2.32. The standard InChI is InChI=1S/C8H8ClF3N2/c1-2-13-7-6(9)3-5(4-14-7)8(10,11)12/h3-4H,2H2,1H3,(H,13,14).